The zero-order valence-corrected chi connectivity index (χ0v) is 12.3. The number of carbonyl (C=O) groups excluding carboxylic acids is 1. The topological polar surface area (TPSA) is 68.3 Å². The summed E-state index contributed by atoms with van der Waals surface area (Å²) in [4.78, 5) is 16.2. The number of nitrogens with one attached hydrogen (secondary N) is 1. The van der Waals surface area contributed by atoms with Crippen LogP contribution in [0.3, 0.4) is 0 Å². The molecule has 0 unspecified atom stereocenters. The summed E-state index contributed by atoms with van der Waals surface area (Å²) in [6, 6.07) is 7.47. The molecule has 2 heterocycles. The predicted octanol–water partition coefficient (Wildman–Crippen LogP) is 4.51. The van der Waals surface area contributed by atoms with Crippen LogP contribution < -0.4 is 5.32 Å². The van der Waals surface area contributed by atoms with Crippen LogP contribution in [0, 0.1) is 6.92 Å². The Hall–Kier alpha value is -3.03. The van der Waals surface area contributed by atoms with E-state index in [0.717, 1.165) is 6.07 Å². The molecule has 8 heteroatoms. The Kier molecular flexibility index (Phi) is 3.88. The van der Waals surface area contributed by atoms with E-state index in [1.54, 1.807) is 24.3 Å². The summed E-state index contributed by atoms with van der Waals surface area (Å²) in [6.45, 7) is 1.34. The van der Waals surface area contributed by atoms with E-state index in [-0.39, 0.29) is 5.76 Å². The fourth-order valence-electron chi connectivity index (χ4n) is 2.19. The minimum atomic E-state index is -4.75. The van der Waals surface area contributed by atoms with E-state index in [4.69, 9.17) is 4.42 Å². The van der Waals surface area contributed by atoms with Crippen molar-refractivity contribution in [2.24, 2.45) is 0 Å². The molecule has 1 aromatic carbocycles. The van der Waals surface area contributed by atoms with Gasteiger partial charge in [0.1, 0.15) is 12.0 Å². The van der Waals surface area contributed by atoms with Crippen LogP contribution in [-0.2, 0) is 6.18 Å². The normalized spacial score (nSPS) is 11.5. The van der Waals surface area contributed by atoms with E-state index in [1.165, 1.54) is 19.4 Å². The number of carbonyl (C=O) groups is 1. The molecule has 0 aliphatic heterocycles. The van der Waals surface area contributed by atoms with Gasteiger partial charge in [-0.3, -0.25) is 4.79 Å². The van der Waals surface area contributed by atoms with Gasteiger partial charge in [0.2, 0.25) is 11.7 Å². The molecule has 124 valence electrons. The first-order chi connectivity index (χ1) is 11.3. The second-order valence-electron chi connectivity index (χ2n) is 4.97. The standard InChI is InChI=1S/C16H11F3N2O3/c1-9-7-12(13(24-9)16(17,18)19)14(22)21-11-4-2-3-10(8-11)15-20-5-6-23-15/h2-8H,1H3,(H,21,22). The Balaban J connectivity index is 1.87. The molecule has 0 saturated heterocycles. The maximum atomic E-state index is 12.9. The zero-order chi connectivity index (χ0) is 17.3. The number of furan rings is 1. The largest absolute Gasteiger partial charge is 0.456 e. The molecule has 5 nitrogen and oxygen atoms in total. The van der Waals surface area contributed by atoms with Gasteiger partial charge in [-0.05, 0) is 31.2 Å². The molecule has 3 aromatic rings. The number of anilines is 1. The van der Waals surface area contributed by atoms with E-state index in [2.05, 4.69) is 14.7 Å². The van der Waals surface area contributed by atoms with Crippen molar-refractivity contribution < 1.29 is 26.8 Å². The van der Waals surface area contributed by atoms with Crippen LogP contribution in [0.25, 0.3) is 11.5 Å². The number of nitrogens with zero attached hydrogens (tertiary/aromatic N) is 1. The summed E-state index contributed by atoms with van der Waals surface area (Å²) < 4.78 is 48.5. The monoisotopic (exact) mass is 336 g/mol. The molecule has 0 fully saturated rings. The van der Waals surface area contributed by atoms with Crippen LogP contribution >= 0.6 is 0 Å². The number of halogens is 3. The quantitative estimate of drug-likeness (QED) is 0.764. The Morgan fingerprint density at radius 1 is 1.25 bits per heavy atom. The summed E-state index contributed by atoms with van der Waals surface area (Å²) in [5.74, 6) is -1.90. The highest BCUT2D eigenvalue weighted by atomic mass is 19.4. The number of hydrogen-bond donors (Lipinski definition) is 1. The fraction of sp³-hybridized carbons (Fsp3) is 0.125. The van der Waals surface area contributed by atoms with Gasteiger partial charge in [-0.1, -0.05) is 6.07 Å². The Morgan fingerprint density at radius 3 is 2.71 bits per heavy atom. The van der Waals surface area contributed by atoms with Crippen molar-refractivity contribution in [2.75, 3.05) is 5.32 Å². The third kappa shape index (κ3) is 3.17. The molecular formula is C16H11F3N2O3. The van der Waals surface area contributed by atoms with Gasteiger partial charge in [-0.15, -0.1) is 0 Å². The Labute approximate surface area is 134 Å². The van der Waals surface area contributed by atoms with Crippen LogP contribution in [0.4, 0.5) is 18.9 Å². The minimum absolute atomic E-state index is 0.000936. The second kappa shape index (κ2) is 5.88. The highest BCUT2D eigenvalue weighted by molar-refractivity contribution is 6.05. The SMILES string of the molecule is Cc1cc(C(=O)Nc2cccc(-c3ncco3)c2)c(C(F)(F)F)o1. The number of aromatic nitrogens is 1. The fourth-order valence-corrected chi connectivity index (χ4v) is 2.19. The molecule has 0 atom stereocenters. The lowest BCUT2D eigenvalue weighted by Crippen LogP contribution is -2.16. The van der Waals surface area contributed by atoms with E-state index in [0.29, 0.717) is 17.1 Å². The first-order valence-electron chi connectivity index (χ1n) is 6.83. The average molecular weight is 336 g/mol. The highest BCUT2D eigenvalue weighted by Gasteiger charge is 2.40. The van der Waals surface area contributed by atoms with Gasteiger partial charge in [-0.25, -0.2) is 4.98 Å². The van der Waals surface area contributed by atoms with Gasteiger partial charge < -0.3 is 14.2 Å². The molecule has 2 aromatic heterocycles. The first-order valence-corrected chi connectivity index (χ1v) is 6.83. The zero-order valence-electron chi connectivity index (χ0n) is 12.3. The number of alkyl halides is 3. The molecule has 1 amide bonds. The van der Waals surface area contributed by atoms with Gasteiger partial charge in [0, 0.05) is 11.3 Å². The van der Waals surface area contributed by atoms with Crippen molar-refractivity contribution in [3.8, 4) is 11.5 Å². The summed E-state index contributed by atoms with van der Waals surface area (Å²) in [6.07, 6.45) is -1.89. The lowest BCUT2D eigenvalue weighted by Gasteiger charge is -2.08. The smallest absolute Gasteiger partial charge is 0.450 e. The molecule has 0 saturated carbocycles. The van der Waals surface area contributed by atoms with Crippen LogP contribution in [0.2, 0.25) is 0 Å². The molecule has 24 heavy (non-hydrogen) atoms. The highest BCUT2D eigenvalue weighted by Crippen LogP contribution is 2.34. The van der Waals surface area contributed by atoms with E-state index < -0.39 is 23.4 Å². The third-order valence-corrected chi connectivity index (χ3v) is 3.16. The van der Waals surface area contributed by atoms with Crippen LogP contribution in [0.1, 0.15) is 21.9 Å². The van der Waals surface area contributed by atoms with Crippen molar-refractivity contribution in [1.29, 1.82) is 0 Å². The first kappa shape index (κ1) is 15.9. The molecule has 0 radical (unpaired) electrons. The number of amides is 1. The number of benzene rings is 1. The predicted molar refractivity (Wildman–Crippen MR) is 78.3 cm³/mol. The van der Waals surface area contributed by atoms with Crippen molar-refractivity contribution in [2.45, 2.75) is 13.1 Å². The van der Waals surface area contributed by atoms with Crippen LogP contribution in [0.5, 0.6) is 0 Å². The minimum Gasteiger partial charge on any atom is -0.456 e. The number of rotatable bonds is 3. The Morgan fingerprint density at radius 2 is 2.04 bits per heavy atom. The maximum Gasteiger partial charge on any atom is 0.450 e. The molecule has 0 spiro atoms. The average Bonchev–Trinajstić information content (AvgIpc) is 3.16. The molecule has 3 rings (SSSR count). The van der Waals surface area contributed by atoms with Gasteiger partial charge in [0.25, 0.3) is 5.91 Å². The third-order valence-electron chi connectivity index (χ3n) is 3.16. The summed E-state index contributed by atoms with van der Waals surface area (Å²) in [7, 11) is 0. The van der Waals surface area contributed by atoms with Gasteiger partial charge in [-0.2, -0.15) is 13.2 Å². The van der Waals surface area contributed by atoms with Crippen molar-refractivity contribution >= 4 is 11.6 Å². The molecule has 0 aliphatic rings. The number of oxazole rings is 1. The van der Waals surface area contributed by atoms with Crippen LogP contribution in [-0.4, -0.2) is 10.9 Å². The lowest BCUT2D eigenvalue weighted by atomic mass is 10.1. The van der Waals surface area contributed by atoms with Crippen molar-refractivity contribution in [1.82, 2.24) is 4.98 Å². The summed E-state index contributed by atoms with van der Waals surface area (Å²) >= 11 is 0. The molecule has 0 aliphatic carbocycles. The second-order valence-corrected chi connectivity index (χ2v) is 4.97. The number of aryl methyl sites for hydroxylation is 1. The lowest BCUT2D eigenvalue weighted by molar-refractivity contribution is -0.153. The summed E-state index contributed by atoms with van der Waals surface area (Å²) in [5.41, 5.74) is 0.321. The summed E-state index contributed by atoms with van der Waals surface area (Å²) in [5, 5.41) is 2.42. The van der Waals surface area contributed by atoms with E-state index >= 15 is 0 Å². The molecule has 0 bridgehead atoms. The van der Waals surface area contributed by atoms with Gasteiger partial charge in [0.05, 0.1) is 11.8 Å². The molecule has 1 N–H and O–H groups in total. The molecular weight excluding hydrogens is 325 g/mol. The van der Waals surface area contributed by atoms with E-state index in [1.807, 2.05) is 0 Å². The van der Waals surface area contributed by atoms with Gasteiger partial charge >= 0.3 is 6.18 Å². The van der Waals surface area contributed by atoms with Crippen molar-refractivity contribution in [3.05, 3.63) is 59.9 Å². The van der Waals surface area contributed by atoms with Crippen LogP contribution in [0.15, 0.2) is 51.6 Å². The maximum absolute atomic E-state index is 12.9. The number of hydrogen-bond acceptors (Lipinski definition) is 4. The van der Waals surface area contributed by atoms with E-state index in [9.17, 15) is 18.0 Å². The Bertz CT molecular complexity index is 867. The van der Waals surface area contributed by atoms with Crippen molar-refractivity contribution in [3.63, 3.8) is 0 Å². The van der Waals surface area contributed by atoms with Gasteiger partial charge in [0.15, 0.2) is 0 Å².